The number of rotatable bonds is 5. The zero-order chi connectivity index (χ0) is 12.0. The van der Waals surface area contributed by atoms with Crippen molar-refractivity contribution >= 4 is 27.7 Å². The molecule has 0 atom stereocenters. The molecule has 0 unspecified atom stereocenters. The topological polar surface area (TPSA) is 43.4 Å². The van der Waals surface area contributed by atoms with Crippen LogP contribution < -0.4 is 0 Å². The molecule has 3 nitrogen and oxygen atoms in total. The van der Waals surface area contributed by atoms with Gasteiger partial charge in [-0.1, -0.05) is 40.2 Å². The van der Waals surface area contributed by atoms with Crippen molar-refractivity contribution in [3.05, 3.63) is 35.4 Å². The predicted octanol–water partition coefficient (Wildman–Crippen LogP) is 2.37. The van der Waals surface area contributed by atoms with Crippen LogP contribution in [0.5, 0.6) is 0 Å². The van der Waals surface area contributed by atoms with E-state index in [1.807, 2.05) is 12.1 Å². The zero-order valence-corrected chi connectivity index (χ0v) is 10.6. The number of ketones is 1. The van der Waals surface area contributed by atoms with E-state index in [-0.39, 0.29) is 0 Å². The largest absolute Gasteiger partial charge is 0.463 e. The number of methoxy groups -OCH3 is 1. The molecular weight excluding hydrogens is 272 g/mol. The molecule has 0 fully saturated rings. The first-order valence-electron chi connectivity index (χ1n) is 4.96. The van der Waals surface area contributed by atoms with Crippen LogP contribution in [0.1, 0.15) is 22.3 Å². The number of carbonyl (C=O) groups excluding carboxylic acids is 2. The van der Waals surface area contributed by atoms with Gasteiger partial charge in [0, 0.05) is 10.9 Å². The predicted molar refractivity (Wildman–Crippen MR) is 64.9 cm³/mol. The third kappa shape index (κ3) is 3.45. The summed E-state index contributed by atoms with van der Waals surface area (Å²) < 4.78 is 4.37. The number of halogens is 1. The number of alkyl halides is 1. The Labute approximate surface area is 103 Å². The van der Waals surface area contributed by atoms with E-state index in [4.69, 9.17) is 0 Å². The molecule has 0 spiro atoms. The van der Waals surface area contributed by atoms with Crippen LogP contribution in [-0.2, 0) is 16.0 Å². The number of aryl methyl sites for hydroxylation is 1. The Hall–Kier alpha value is -1.16. The van der Waals surface area contributed by atoms with Gasteiger partial charge in [-0.2, -0.15) is 0 Å². The van der Waals surface area contributed by atoms with Crippen molar-refractivity contribution in [2.75, 3.05) is 12.4 Å². The van der Waals surface area contributed by atoms with Crippen molar-refractivity contribution in [3.63, 3.8) is 0 Å². The standard InChI is InChI=1S/C12H13BrO3/c1-16-12(15)11(14)10-6-4-9(5-7-10)3-2-8-13/h4-7H,2-3,8H2,1H3. The third-order valence-corrected chi connectivity index (χ3v) is 2.75. The number of Topliss-reactive ketones (excluding diaryl/α,β-unsaturated/α-hetero) is 1. The summed E-state index contributed by atoms with van der Waals surface area (Å²) in [5.41, 5.74) is 1.52. The smallest absolute Gasteiger partial charge is 0.379 e. The lowest BCUT2D eigenvalue weighted by Gasteiger charge is -2.01. The van der Waals surface area contributed by atoms with Gasteiger partial charge in [-0.15, -0.1) is 0 Å². The molecule has 1 rings (SSSR count). The van der Waals surface area contributed by atoms with Crippen LogP contribution >= 0.6 is 15.9 Å². The van der Waals surface area contributed by atoms with Crippen molar-refractivity contribution in [1.82, 2.24) is 0 Å². The first-order chi connectivity index (χ1) is 7.69. The van der Waals surface area contributed by atoms with Gasteiger partial charge in [0.25, 0.3) is 5.78 Å². The number of hydrogen-bond acceptors (Lipinski definition) is 3. The van der Waals surface area contributed by atoms with E-state index < -0.39 is 11.8 Å². The first kappa shape index (κ1) is 12.9. The molecule has 0 saturated heterocycles. The maximum atomic E-state index is 11.4. The number of carbonyl (C=O) groups is 2. The minimum absolute atomic E-state index is 0.370. The molecule has 1 aromatic carbocycles. The van der Waals surface area contributed by atoms with Crippen molar-refractivity contribution in [2.45, 2.75) is 12.8 Å². The van der Waals surface area contributed by atoms with Gasteiger partial charge in [-0.05, 0) is 18.4 Å². The van der Waals surface area contributed by atoms with E-state index >= 15 is 0 Å². The molecule has 1 aromatic rings. The van der Waals surface area contributed by atoms with E-state index in [0.717, 1.165) is 23.7 Å². The number of hydrogen-bond donors (Lipinski definition) is 0. The van der Waals surface area contributed by atoms with Gasteiger partial charge in [0.2, 0.25) is 0 Å². The highest BCUT2D eigenvalue weighted by molar-refractivity contribution is 9.09. The average molecular weight is 285 g/mol. The highest BCUT2D eigenvalue weighted by atomic mass is 79.9. The van der Waals surface area contributed by atoms with E-state index in [2.05, 4.69) is 20.7 Å². The third-order valence-electron chi connectivity index (χ3n) is 2.19. The molecule has 0 N–H and O–H groups in total. The summed E-state index contributed by atoms with van der Waals surface area (Å²) >= 11 is 3.36. The second-order valence-corrected chi connectivity index (χ2v) is 4.10. The summed E-state index contributed by atoms with van der Waals surface area (Å²) in [6.45, 7) is 0. The van der Waals surface area contributed by atoms with Gasteiger partial charge in [-0.25, -0.2) is 4.79 Å². The van der Waals surface area contributed by atoms with E-state index in [0.29, 0.717) is 5.56 Å². The summed E-state index contributed by atoms with van der Waals surface area (Å²) in [7, 11) is 1.20. The van der Waals surface area contributed by atoms with Crippen LogP contribution in [0.15, 0.2) is 24.3 Å². The van der Waals surface area contributed by atoms with Gasteiger partial charge in [0.05, 0.1) is 7.11 Å². The van der Waals surface area contributed by atoms with Crippen molar-refractivity contribution in [2.24, 2.45) is 0 Å². The minimum atomic E-state index is -0.826. The SMILES string of the molecule is COC(=O)C(=O)c1ccc(CCCBr)cc1. The summed E-state index contributed by atoms with van der Waals surface area (Å²) in [4.78, 5) is 22.4. The van der Waals surface area contributed by atoms with Crippen molar-refractivity contribution in [3.8, 4) is 0 Å². The lowest BCUT2D eigenvalue weighted by atomic mass is 10.1. The Morgan fingerprint density at radius 3 is 2.38 bits per heavy atom. The first-order valence-corrected chi connectivity index (χ1v) is 6.08. The summed E-state index contributed by atoms with van der Waals surface area (Å²) in [5, 5.41) is 0.954. The van der Waals surface area contributed by atoms with E-state index in [9.17, 15) is 9.59 Å². The minimum Gasteiger partial charge on any atom is -0.463 e. The fraction of sp³-hybridized carbons (Fsp3) is 0.333. The molecule has 0 aliphatic heterocycles. The van der Waals surface area contributed by atoms with Crippen LogP contribution in [-0.4, -0.2) is 24.2 Å². The van der Waals surface area contributed by atoms with Crippen molar-refractivity contribution in [1.29, 1.82) is 0 Å². The molecule has 16 heavy (non-hydrogen) atoms. The maximum absolute atomic E-state index is 11.4. The highest BCUT2D eigenvalue weighted by Crippen LogP contribution is 2.08. The number of benzene rings is 1. The lowest BCUT2D eigenvalue weighted by molar-refractivity contribution is -0.135. The maximum Gasteiger partial charge on any atom is 0.379 e. The van der Waals surface area contributed by atoms with E-state index in [1.165, 1.54) is 7.11 Å². The van der Waals surface area contributed by atoms with Crippen LogP contribution in [0, 0.1) is 0 Å². The number of ether oxygens (including phenoxy) is 1. The molecule has 0 radical (unpaired) electrons. The molecule has 4 heteroatoms. The fourth-order valence-corrected chi connectivity index (χ4v) is 1.58. The Morgan fingerprint density at radius 1 is 1.25 bits per heavy atom. The van der Waals surface area contributed by atoms with Crippen LogP contribution in [0.2, 0.25) is 0 Å². The molecule has 0 aromatic heterocycles. The van der Waals surface area contributed by atoms with Gasteiger partial charge >= 0.3 is 5.97 Å². The zero-order valence-electron chi connectivity index (χ0n) is 9.03. The molecule has 0 saturated carbocycles. The molecule has 0 aliphatic rings. The second kappa shape index (κ2) is 6.43. The normalized spacial score (nSPS) is 9.88. The summed E-state index contributed by atoms with van der Waals surface area (Å²) in [6.07, 6.45) is 2.00. The van der Waals surface area contributed by atoms with E-state index in [1.54, 1.807) is 12.1 Å². The Bertz CT molecular complexity index is 370. The molecule has 0 heterocycles. The van der Waals surface area contributed by atoms with Gasteiger partial charge in [0.15, 0.2) is 0 Å². The molecular formula is C12H13BrO3. The Kier molecular flexibility index (Phi) is 5.19. The lowest BCUT2D eigenvalue weighted by Crippen LogP contribution is -2.15. The number of esters is 1. The second-order valence-electron chi connectivity index (χ2n) is 3.31. The Balaban J connectivity index is 2.71. The van der Waals surface area contributed by atoms with Gasteiger partial charge in [-0.3, -0.25) is 4.79 Å². The van der Waals surface area contributed by atoms with Crippen LogP contribution in [0.25, 0.3) is 0 Å². The molecule has 0 aliphatic carbocycles. The molecule has 0 bridgehead atoms. The quantitative estimate of drug-likeness (QED) is 0.361. The summed E-state index contributed by atoms with van der Waals surface area (Å²) in [6, 6.07) is 7.03. The summed E-state index contributed by atoms with van der Waals surface area (Å²) in [5.74, 6) is -1.43. The monoisotopic (exact) mass is 284 g/mol. The fourth-order valence-electron chi connectivity index (χ4n) is 1.30. The molecule has 0 amide bonds. The van der Waals surface area contributed by atoms with Crippen LogP contribution in [0.3, 0.4) is 0 Å². The van der Waals surface area contributed by atoms with Gasteiger partial charge < -0.3 is 4.74 Å². The van der Waals surface area contributed by atoms with Crippen LogP contribution in [0.4, 0.5) is 0 Å². The highest BCUT2D eigenvalue weighted by Gasteiger charge is 2.15. The van der Waals surface area contributed by atoms with Crippen molar-refractivity contribution < 1.29 is 14.3 Å². The molecule has 86 valence electrons. The van der Waals surface area contributed by atoms with Gasteiger partial charge in [0.1, 0.15) is 0 Å². The average Bonchev–Trinajstić information content (AvgIpc) is 2.35. The Morgan fingerprint density at radius 2 is 1.88 bits per heavy atom.